The lowest BCUT2D eigenvalue weighted by Crippen LogP contribution is -2.36. The standard InChI is InChI=1S/C12H17ClN2O2S2/c1-12(5-2-6-18-12)8-15-19(16,17)9-3-4-10(13)11(14)7-9/h3-4,7,15H,2,5-6,8,14H2,1H3. The van der Waals surface area contributed by atoms with Gasteiger partial charge >= 0.3 is 0 Å². The third-order valence-corrected chi connectivity index (χ3v) is 6.50. The van der Waals surface area contributed by atoms with Crippen molar-refractivity contribution in [1.82, 2.24) is 4.72 Å². The Hall–Kier alpha value is -0.430. The Morgan fingerprint density at radius 2 is 2.26 bits per heavy atom. The molecule has 4 nitrogen and oxygen atoms in total. The highest BCUT2D eigenvalue weighted by molar-refractivity contribution is 8.01. The number of thioether (sulfide) groups is 1. The van der Waals surface area contributed by atoms with E-state index in [4.69, 9.17) is 17.3 Å². The zero-order chi connectivity index (χ0) is 14.1. The predicted octanol–water partition coefficient (Wildman–Crippen LogP) is 2.49. The summed E-state index contributed by atoms with van der Waals surface area (Å²) in [6.45, 7) is 2.52. The quantitative estimate of drug-likeness (QED) is 0.836. The van der Waals surface area contributed by atoms with Crippen molar-refractivity contribution >= 4 is 39.1 Å². The van der Waals surface area contributed by atoms with Gasteiger partial charge in [-0.15, -0.1) is 0 Å². The van der Waals surface area contributed by atoms with Crippen LogP contribution in [-0.4, -0.2) is 25.5 Å². The second-order valence-electron chi connectivity index (χ2n) is 4.91. The molecule has 2 rings (SSSR count). The van der Waals surface area contributed by atoms with E-state index in [1.807, 2.05) is 11.8 Å². The van der Waals surface area contributed by atoms with Crippen LogP contribution in [0.4, 0.5) is 5.69 Å². The van der Waals surface area contributed by atoms with E-state index >= 15 is 0 Å². The van der Waals surface area contributed by atoms with Crippen LogP contribution < -0.4 is 10.5 Å². The minimum atomic E-state index is -3.53. The molecule has 0 amide bonds. The Balaban J connectivity index is 2.11. The zero-order valence-corrected chi connectivity index (χ0v) is 13.0. The molecule has 106 valence electrons. The number of hydrogen-bond donors (Lipinski definition) is 2. The Kier molecular flexibility index (Phi) is 4.35. The van der Waals surface area contributed by atoms with Gasteiger partial charge < -0.3 is 5.73 Å². The monoisotopic (exact) mass is 320 g/mol. The zero-order valence-electron chi connectivity index (χ0n) is 10.6. The highest BCUT2D eigenvalue weighted by Crippen LogP contribution is 2.37. The van der Waals surface area contributed by atoms with Crippen LogP contribution >= 0.6 is 23.4 Å². The Morgan fingerprint density at radius 3 is 2.84 bits per heavy atom. The number of sulfonamides is 1. The van der Waals surface area contributed by atoms with Crippen LogP contribution in [0.15, 0.2) is 23.1 Å². The number of nitrogens with one attached hydrogen (secondary N) is 1. The van der Waals surface area contributed by atoms with E-state index in [9.17, 15) is 8.42 Å². The summed E-state index contributed by atoms with van der Waals surface area (Å²) in [7, 11) is -3.53. The highest BCUT2D eigenvalue weighted by Gasteiger charge is 2.31. The molecule has 1 aliphatic heterocycles. The van der Waals surface area contributed by atoms with Crippen LogP contribution in [0.3, 0.4) is 0 Å². The van der Waals surface area contributed by atoms with Gasteiger partial charge in [0.15, 0.2) is 0 Å². The minimum Gasteiger partial charge on any atom is -0.397 e. The second-order valence-corrected chi connectivity index (χ2v) is 8.77. The lowest BCUT2D eigenvalue weighted by molar-refractivity contribution is 0.552. The number of halogens is 1. The molecule has 1 saturated heterocycles. The van der Waals surface area contributed by atoms with Crippen LogP contribution in [-0.2, 0) is 10.0 Å². The van der Waals surface area contributed by atoms with Crippen LogP contribution in [0.1, 0.15) is 19.8 Å². The van der Waals surface area contributed by atoms with Gasteiger partial charge in [-0.2, -0.15) is 11.8 Å². The Morgan fingerprint density at radius 1 is 1.53 bits per heavy atom. The Bertz CT molecular complexity index is 569. The molecule has 0 aromatic heterocycles. The summed E-state index contributed by atoms with van der Waals surface area (Å²) in [5.74, 6) is 1.09. The van der Waals surface area contributed by atoms with Crippen molar-refractivity contribution in [2.24, 2.45) is 0 Å². The molecule has 3 N–H and O–H groups in total. The normalized spacial score (nSPS) is 23.7. The molecule has 0 spiro atoms. The fourth-order valence-electron chi connectivity index (χ4n) is 2.00. The van der Waals surface area contributed by atoms with E-state index in [0.29, 0.717) is 11.6 Å². The molecule has 1 heterocycles. The summed E-state index contributed by atoms with van der Waals surface area (Å²) in [6, 6.07) is 4.34. The second kappa shape index (κ2) is 5.52. The average molecular weight is 321 g/mol. The molecule has 19 heavy (non-hydrogen) atoms. The van der Waals surface area contributed by atoms with Crippen LogP contribution in [0, 0.1) is 0 Å². The summed E-state index contributed by atoms with van der Waals surface area (Å²) in [5.41, 5.74) is 5.90. The van der Waals surface area contributed by atoms with Crippen molar-refractivity contribution in [2.45, 2.75) is 29.4 Å². The highest BCUT2D eigenvalue weighted by atomic mass is 35.5. The molecule has 1 atom stereocenters. The molecule has 1 unspecified atom stereocenters. The fraction of sp³-hybridized carbons (Fsp3) is 0.500. The number of nitrogen functional groups attached to an aromatic ring is 1. The molecule has 0 bridgehead atoms. The predicted molar refractivity (Wildman–Crippen MR) is 81.1 cm³/mol. The van der Waals surface area contributed by atoms with Gasteiger partial charge in [0.05, 0.1) is 15.6 Å². The van der Waals surface area contributed by atoms with E-state index in [1.54, 1.807) is 0 Å². The summed E-state index contributed by atoms with van der Waals surface area (Å²) in [5, 5.41) is 0.359. The molecule has 1 aliphatic rings. The topological polar surface area (TPSA) is 72.2 Å². The maximum Gasteiger partial charge on any atom is 0.240 e. The van der Waals surface area contributed by atoms with Gasteiger partial charge in [-0.3, -0.25) is 0 Å². The maximum atomic E-state index is 12.2. The van der Waals surface area contributed by atoms with Crippen molar-refractivity contribution in [3.8, 4) is 0 Å². The number of nitrogens with two attached hydrogens (primary N) is 1. The van der Waals surface area contributed by atoms with Gasteiger partial charge in [-0.05, 0) is 43.7 Å². The van der Waals surface area contributed by atoms with Crippen LogP contribution in [0.25, 0.3) is 0 Å². The summed E-state index contributed by atoms with van der Waals surface area (Å²) in [4.78, 5) is 0.154. The van der Waals surface area contributed by atoms with Gasteiger partial charge in [-0.25, -0.2) is 13.1 Å². The number of hydrogen-bond acceptors (Lipinski definition) is 4. The number of rotatable bonds is 4. The largest absolute Gasteiger partial charge is 0.397 e. The molecule has 0 saturated carbocycles. The first-order chi connectivity index (χ1) is 8.82. The van der Waals surface area contributed by atoms with Gasteiger partial charge in [-0.1, -0.05) is 11.6 Å². The fourth-order valence-corrected chi connectivity index (χ4v) is 4.65. The first-order valence-corrected chi connectivity index (χ1v) is 8.86. The molecule has 0 radical (unpaired) electrons. The van der Waals surface area contributed by atoms with Crippen LogP contribution in [0.2, 0.25) is 5.02 Å². The first kappa shape index (κ1) is 15.0. The third-order valence-electron chi connectivity index (χ3n) is 3.21. The van der Waals surface area contributed by atoms with Crippen molar-refractivity contribution in [1.29, 1.82) is 0 Å². The molecular weight excluding hydrogens is 304 g/mol. The molecule has 1 aromatic rings. The van der Waals surface area contributed by atoms with E-state index < -0.39 is 10.0 Å². The molecule has 1 fully saturated rings. The molecule has 7 heteroatoms. The minimum absolute atomic E-state index is 0.00889. The van der Waals surface area contributed by atoms with Crippen molar-refractivity contribution in [2.75, 3.05) is 18.0 Å². The van der Waals surface area contributed by atoms with E-state index in [-0.39, 0.29) is 15.3 Å². The first-order valence-electron chi connectivity index (χ1n) is 6.01. The average Bonchev–Trinajstić information content (AvgIpc) is 2.78. The summed E-state index contributed by atoms with van der Waals surface area (Å²) < 4.78 is 27.0. The summed E-state index contributed by atoms with van der Waals surface area (Å²) in [6.07, 6.45) is 2.17. The lowest BCUT2D eigenvalue weighted by Gasteiger charge is -2.22. The van der Waals surface area contributed by atoms with Crippen molar-refractivity contribution in [3.05, 3.63) is 23.2 Å². The van der Waals surface area contributed by atoms with Crippen molar-refractivity contribution in [3.63, 3.8) is 0 Å². The SMILES string of the molecule is CC1(CNS(=O)(=O)c2ccc(Cl)c(N)c2)CCCS1. The molecule has 0 aliphatic carbocycles. The molecule has 1 aromatic carbocycles. The van der Waals surface area contributed by atoms with Gasteiger partial charge in [0, 0.05) is 11.3 Å². The third kappa shape index (κ3) is 3.56. The van der Waals surface area contributed by atoms with Gasteiger partial charge in [0.1, 0.15) is 0 Å². The lowest BCUT2D eigenvalue weighted by atomic mass is 10.1. The van der Waals surface area contributed by atoms with Gasteiger partial charge in [0.25, 0.3) is 0 Å². The summed E-state index contributed by atoms with van der Waals surface area (Å²) >= 11 is 7.60. The Labute approximate surface area is 123 Å². The van der Waals surface area contributed by atoms with E-state index in [1.165, 1.54) is 18.2 Å². The van der Waals surface area contributed by atoms with E-state index in [0.717, 1.165) is 18.6 Å². The number of benzene rings is 1. The smallest absolute Gasteiger partial charge is 0.240 e. The molecular formula is C12H17ClN2O2S2. The van der Waals surface area contributed by atoms with Crippen molar-refractivity contribution < 1.29 is 8.42 Å². The van der Waals surface area contributed by atoms with Crippen LogP contribution in [0.5, 0.6) is 0 Å². The maximum absolute atomic E-state index is 12.2. The van der Waals surface area contributed by atoms with Gasteiger partial charge in [0.2, 0.25) is 10.0 Å². The van der Waals surface area contributed by atoms with E-state index in [2.05, 4.69) is 11.6 Å². The number of anilines is 1.